The first-order chi connectivity index (χ1) is 7.18. The van der Waals surface area contributed by atoms with E-state index in [2.05, 4.69) is 64.7 Å². The number of ether oxygens (including phenoxy) is 1. The van der Waals surface area contributed by atoms with Gasteiger partial charge in [0.05, 0.1) is 20.3 Å². The van der Waals surface area contributed by atoms with Crippen molar-refractivity contribution in [3.05, 3.63) is 29.8 Å². The number of rotatable bonds is 3. The quantitative estimate of drug-likeness (QED) is 0.729. The molecule has 1 aromatic rings. The highest BCUT2D eigenvalue weighted by Gasteiger charge is 2.16. The molecule has 0 spiro atoms. The molecule has 0 radical (unpaired) electrons. The van der Waals surface area contributed by atoms with E-state index in [0.717, 1.165) is 0 Å². The van der Waals surface area contributed by atoms with Gasteiger partial charge in [-0.2, -0.15) is 0 Å². The van der Waals surface area contributed by atoms with Crippen molar-refractivity contribution in [2.45, 2.75) is 52.6 Å². The van der Waals surface area contributed by atoms with Crippen LogP contribution >= 0.6 is 0 Å². The van der Waals surface area contributed by atoms with Gasteiger partial charge in [-0.15, -0.1) is 0 Å². The monoisotopic (exact) mass is 236 g/mol. The van der Waals surface area contributed by atoms with Crippen LogP contribution in [0, 0.1) is 0 Å². The molecule has 0 saturated carbocycles. The Morgan fingerprint density at radius 1 is 1.12 bits per heavy atom. The Morgan fingerprint density at radius 3 is 2.25 bits per heavy atom. The van der Waals surface area contributed by atoms with Crippen LogP contribution in [0.25, 0.3) is 0 Å². The van der Waals surface area contributed by atoms with E-state index in [4.69, 9.17) is 4.74 Å². The lowest BCUT2D eigenvalue weighted by Crippen LogP contribution is -2.37. The Hall–Kier alpha value is -0.603. The van der Waals surface area contributed by atoms with E-state index >= 15 is 0 Å². The van der Waals surface area contributed by atoms with Crippen LogP contribution in [0.1, 0.15) is 26.3 Å². The fourth-order valence-electron chi connectivity index (χ4n) is 1.43. The molecule has 0 aliphatic heterocycles. The van der Waals surface area contributed by atoms with Crippen LogP contribution < -0.4 is 5.19 Å². The number of hydrogen-bond acceptors (Lipinski definition) is 1. The van der Waals surface area contributed by atoms with E-state index in [9.17, 15) is 0 Å². The van der Waals surface area contributed by atoms with Crippen LogP contribution in [0.15, 0.2) is 24.3 Å². The Bertz CT molecular complexity index is 344. The number of hydrogen-bond donors (Lipinski definition) is 0. The summed E-state index contributed by atoms with van der Waals surface area (Å²) in [4.78, 5) is 0. The molecule has 0 aromatic heterocycles. The molecule has 1 rings (SSSR count). The van der Waals surface area contributed by atoms with Crippen molar-refractivity contribution in [2.75, 3.05) is 0 Å². The van der Waals surface area contributed by atoms with Crippen molar-refractivity contribution < 1.29 is 4.74 Å². The molecule has 0 atom stereocenters. The predicted octanol–water partition coefficient (Wildman–Crippen LogP) is 3.55. The summed E-state index contributed by atoms with van der Waals surface area (Å²) in [5.74, 6) is 0. The van der Waals surface area contributed by atoms with Crippen molar-refractivity contribution in [1.29, 1.82) is 0 Å². The molecule has 0 bridgehead atoms. The van der Waals surface area contributed by atoms with E-state index in [0.29, 0.717) is 6.61 Å². The van der Waals surface area contributed by atoms with Crippen molar-refractivity contribution in [1.82, 2.24) is 0 Å². The van der Waals surface area contributed by atoms with E-state index in [1.54, 1.807) is 0 Å². The van der Waals surface area contributed by atoms with E-state index in [1.165, 1.54) is 10.8 Å². The SMILES string of the molecule is CC(C)(C)OCc1cccc([Si](C)(C)C)c1. The normalized spacial score (nSPS) is 12.9. The summed E-state index contributed by atoms with van der Waals surface area (Å²) in [6.07, 6.45) is 0. The molecule has 1 aromatic carbocycles. The van der Waals surface area contributed by atoms with Gasteiger partial charge in [-0.1, -0.05) is 49.1 Å². The summed E-state index contributed by atoms with van der Waals surface area (Å²) in [5.41, 5.74) is 1.23. The van der Waals surface area contributed by atoms with E-state index < -0.39 is 8.07 Å². The van der Waals surface area contributed by atoms with Gasteiger partial charge in [0.15, 0.2) is 0 Å². The third kappa shape index (κ3) is 4.50. The van der Waals surface area contributed by atoms with E-state index in [1.807, 2.05) is 0 Å². The van der Waals surface area contributed by atoms with Gasteiger partial charge in [-0.25, -0.2) is 0 Å². The molecule has 0 heterocycles. The molecule has 2 heteroatoms. The van der Waals surface area contributed by atoms with Crippen LogP contribution in [-0.2, 0) is 11.3 Å². The zero-order chi connectivity index (χ0) is 12.4. The molecule has 0 aliphatic carbocycles. The summed E-state index contributed by atoms with van der Waals surface area (Å²) in [6, 6.07) is 8.84. The Morgan fingerprint density at radius 2 is 1.75 bits per heavy atom. The zero-order valence-corrected chi connectivity index (χ0v) is 12.4. The lowest BCUT2D eigenvalue weighted by molar-refractivity contribution is -0.0149. The van der Waals surface area contributed by atoms with Gasteiger partial charge in [0, 0.05) is 0 Å². The Kier molecular flexibility index (Phi) is 3.97. The summed E-state index contributed by atoms with van der Waals surface area (Å²) in [6.45, 7) is 14.1. The third-order valence-corrected chi connectivity index (χ3v) is 4.51. The van der Waals surface area contributed by atoms with Crippen molar-refractivity contribution >= 4 is 13.3 Å². The summed E-state index contributed by atoms with van der Waals surface area (Å²) in [7, 11) is -1.20. The highest BCUT2D eigenvalue weighted by Crippen LogP contribution is 2.12. The average Bonchev–Trinajstić information content (AvgIpc) is 2.13. The maximum absolute atomic E-state index is 5.80. The first-order valence-corrected chi connectivity index (χ1v) is 9.42. The molecule has 0 amide bonds. The van der Waals surface area contributed by atoms with Crippen LogP contribution in [0.3, 0.4) is 0 Å². The lowest BCUT2D eigenvalue weighted by atomic mass is 10.2. The summed E-state index contributed by atoms with van der Waals surface area (Å²) < 4.78 is 5.80. The minimum Gasteiger partial charge on any atom is -0.371 e. The summed E-state index contributed by atoms with van der Waals surface area (Å²) >= 11 is 0. The Balaban J connectivity index is 2.76. The van der Waals surface area contributed by atoms with Crippen LogP contribution in [0.2, 0.25) is 19.6 Å². The molecular formula is C14H24OSi. The standard InChI is InChI=1S/C14H24OSi/c1-14(2,3)15-11-12-8-7-9-13(10-12)16(4,5)6/h7-10H,11H2,1-6H3. The first-order valence-electron chi connectivity index (χ1n) is 5.92. The lowest BCUT2D eigenvalue weighted by Gasteiger charge is -2.21. The molecule has 0 saturated heterocycles. The third-order valence-electron chi connectivity index (χ3n) is 2.46. The topological polar surface area (TPSA) is 9.23 Å². The van der Waals surface area contributed by atoms with Crippen LogP contribution in [0.4, 0.5) is 0 Å². The maximum Gasteiger partial charge on any atom is 0.0776 e. The van der Waals surface area contributed by atoms with Gasteiger partial charge < -0.3 is 4.74 Å². The van der Waals surface area contributed by atoms with E-state index in [-0.39, 0.29) is 5.60 Å². The Labute approximate surface area is 101 Å². The second-order valence-corrected chi connectivity index (χ2v) is 11.4. The fraction of sp³-hybridized carbons (Fsp3) is 0.571. The maximum atomic E-state index is 5.80. The van der Waals surface area contributed by atoms with Crippen LogP contribution in [-0.4, -0.2) is 13.7 Å². The molecule has 0 unspecified atom stereocenters. The minimum absolute atomic E-state index is 0.0604. The van der Waals surface area contributed by atoms with Gasteiger partial charge >= 0.3 is 0 Å². The highest BCUT2D eigenvalue weighted by molar-refractivity contribution is 6.88. The molecular weight excluding hydrogens is 212 g/mol. The van der Waals surface area contributed by atoms with Gasteiger partial charge in [-0.3, -0.25) is 0 Å². The molecule has 0 N–H and O–H groups in total. The molecule has 0 fully saturated rings. The smallest absolute Gasteiger partial charge is 0.0776 e. The van der Waals surface area contributed by atoms with Gasteiger partial charge in [0.25, 0.3) is 0 Å². The largest absolute Gasteiger partial charge is 0.371 e. The van der Waals surface area contributed by atoms with Gasteiger partial charge in [0.2, 0.25) is 0 Å². The minimum atomic E-state index is -1.20. The number of benzene rings is 1. The van der Waals surface area contributed by atoms with Gasteiger partial charge in [-0.05, 0) is 26.3 Å². The second kappa shape index (κ2) is 4.72. The van der Waals surface area contributed by atoms with Crippen LogP contribution in [0.5, 0.6) is 0 Å². The van der Waals surface area contributed by atoms with Crippen molar-refractivity contribution in [3.8, 4) is 0 Å². The zero-order valence-electron chi connectivity index (χ0n) is 11.4. The predicted molar refractivity (Wildman–Crippen MR) is 74.0 cm³/mol. The molecule has 0 aliphatic rings. The fourth-order valence-corrected chi connectivity index (χ4v) is 2.64. The first kappa shape index (κ1) is 13.5. The van der Waals surface area contributed by atoms with Crippen molar-refractivity contribution in [3.63, 3.8) is 0 Å². The molecule has 16 heavy (non-hydrogen) atoms. The second-order valence-electron chi connectivity index (χ2n) is 6.35. The molecule has 1 nitrogen and oxygen atoms in total. The summed E-state index contributed by atoms with van der Waals surface area (Å²) in [5, 5.41) is 1.50. The van der Waals surface area contributed by atoms with Gasteiger partial charge in [0.1, 0.15) is 0 Å². The van der Waals surface area contributed by atoms with Crippen molar-refractivity contribution in [2.24, 2.45) is 0 Å². The average molecular weight is 236 g/mol. The molecule has 90 valence electrons. The highest BCUT2D eigenvalue weighted by atomic mass is 28.3.